The van der Waals surface area contributed by atoms with E-state index in [4.69, 9.17) is 9.47 Å². The molecule has 18 heavy (non-hydrogen) atoms. The molecule has 6 heteroatoms. The summed E-state index contributed by atoms with van der Waals surface area (Å²) in [6, 6.07) is 3.55. The van der Waals surface area contributed by atoms with Gasteiger partial charge in [-0.05, 0) is 33.6 Å². The third-order valence-electron chi connectivity index (χ3n) is 2.66. The first-order valence-corrected chi connectivity index (χ1v) is 6.07. The second-order valence-corrected chi connectivity index (χ2v) is 4.67. The molecule has 5 nitrogen and oxygen atoms in total. The fraction of sp³-hybridized carbons (Fsp3) is 0.167. The minimum atomic E-state index is -0.794. The first kappa shape index (κ1) is 11.4. The summed E-state index contributed by atoms with van der Waals surface area (Å²) < 4.78 is 11.4. The molecular weight excluding hydrogens is 300 g/mol. The fourth-order valence-electron chi connectivity index (χ4n) is 1.79. The SMILES string of the molecule is OC(c1cncnc1)c1cc(Br)c2c(c1)OCO2. The summed E-state index contributed by atoms with van der Waals surface area (Å²) in [6.07, 6.45) is 3.79. The van der Waals surface area contributed by atoms with Gasteiger partial charge in [0.25, 0.3) is 0 Å². The molecule has 2 aromatic rings. The van der Waals surface area contributed by atoms with E-state index in [0.717, 1.165) is 4.47 Å². The molecule has 0 aliphatic carbocycles. The number of ether oxygens (including phenoxy) is 2. The smallest absolute Gasteiger partial charge is 0.231 e. The normalized spacial score (nSPS) is 14.6. The van der Waals surface area contributed by atoms with Crippen LogP contribution in [0.2, 0.25) is 0 Å². The third-order valence-corrected chi connectivity index (χ3v) is 3.25. The number of fused-ring (bicyclic) bond motifs is 1. The van der Waals surface area contributed by atoms with Crippen LogP contribution in [0.25, 0.3) is 0 Å². The van der Waals surface area contributed by atoms with Crippen molar-refractivity contribution in [1.82, 2.24) is 9.97 Å². The second kappa shape index (κ2) is 4.55. The zero-order chi connectivity index (χ0) is 12.5. The maximum Gasteiger partial charge on any atom is 0.231 e. The van der Waals surface area contributed by atoms with Gasteiger partial charge >= 0.3 is 0 Å². The van der Waals surface area contributed by atoms with Crippen molar-refractivity contribution in [2.45, 2.75) is 6.10 Å². The molecule has 0 amide bonds. The Balaban J connectivity index is 2.00. The Morgan fingerprint density at radius 2 is 1.94 bits per heavy atom. The highest BCUT2D eigenvalue weighted by Gasteiger charge is 2.21. The van der Waals surface area contributed by atoms with Crippen LogP contribution in [0, 0.1) is 0 Å². The third kappa shape index (κ3) is 1.93. The van der Waals surface area contributed by atoms with E-state index in [-0.39, 0.29) is 6.79 Å². The Kier molecular flexibility index (Phi) is 2.89. The Hall–Kier alpha value is -1.66. The van der Waals surface area contributed by atoms with Crippen LogP contribution in [0.1, 0.15) is 17.2 Å². The predicted octanol–water partition coefficient (Wildman–Crippen LogP) is 2.05. The molecule has 0 radical (unpaired) electrons. The second-order valence-electron chi connectivity index (χ2n) is 3.81. The van der Waals surface area contributed by atoms with Crippen molar-refractivity contribution in [2.75, 3.05) is 6.79 Å². The molecule has 0 bridgehead atoms. The van der Waals surface area contributed by atoms with E-state index in [1.54, 1.807) is 24.5 Å². The molecule has 1 N–H and O–H groups in total. The zero-order valence-electron chi connectivity index (χ0n) is 9.21. The number of aliphatic hydroxyl groups excluding tert-OH is 1. The van der Waals surface area contributed by atoms with Crippen molar-refractivity contribution < 1.29 is 14.6 Å². The van der Waals surface area contributed by atoms with Crippen LogP contribution >= 0.6 is 15.9 Å². The van der Waals surface area contributed by atoms with E-state index in [9.17, 15) is 5.11 Å². The number of halogens is 1. The molecule has 3 rings (SSSR count). The molecule has 1 atom stereocenters. The van der Waals surface area contributed by atoms with Gasteiger partial charge in [0.05, 0.1) is 4.47 Å². The molecule has 0 spiro atoms. The highest BCUT2D eigenvalue weighted by molar-refractivity contribution is 9.10. The van der Waals surface area contributed by atoms with Gasteiger partial charge in [-0.25, -0.2) is 9.97 Å². The van der Waals surface area contributed by atoms with Crippen LogP contribution < -0.4 is 9.47 Å². The molecule has 1 aromatic carbocycles. The van der Waals surface area contributed by atoms with Gasteiger partial charge in [-0.15, -0.1) is 0 Å². The lowest BCUT2D eigenvalue weighted by atomic mass is 10.0. The van der Waals surface area contributed by atoms with E-state index in [2.05, 4.69) is 25.9 Å². The van der Waals surface area contributed by atoms with Crippen LogP contribution in [-0.4, -0.2) is 21.9 Å². The molecule has 2 heterocycles. The first-order chi connectivity index (χ1) is 8.75. The van der Waals surface area contributed by atoms with Gasteiger partial charge in [0, 0.05) is 18.0 Å². The van der Waals surface area contributed by atoms with Gasteiger partial charge in [0.1, 0.15) is 12.4 Å². The number of aliphatic hydroxyl groups is 1. The maximum atomic E-state index is 10.3. The Morgan fingerprint density at radius 3 is 2.72 bits per heavy atom. The van der Waals surface area contributed by atoms with Crippen molar-refractivity contribution in [3.8, 4) is 11.5 Å². The number of hydrogen-bond donors (Lipinski definition) is 1. The lowest BCUT2D eigenvalue weighted by Gasteiger charge is -2.12. The number of hydrogen-bond acceptors (Lipinski definition) is 5. The summed E-state index contributed by atoms with van der Waals surface area (Å²) >= 11 is 3.39. The Labute approximate surface area is 112 Å². The highest BCUT2D eigenvalue weighted by atomic mass is 79.9. The van der Waals surface area contributed by atoms with Crippen LogP contribution in [0.4, 0.5) is 0 Å². The van der Waals surface area contributed by atoms with Crippen molar-refractivity contribution in [1.29, 1.82) is 0 Å². The summed E-state index contributed by atoms with van der Waals surface area (Å²) in [5, 5.41) is 10.3. The van der Waals surface area contributed by atoms with Gasteiger partial charge in [-0.2, -0.15) is 0 Å². The van der Waals surface area contributed by atoms with E-state index >= 15 is 0 Å². The fourth-order valence-corrected chi connectivity index (χ4v) is 2.36. The van der Waals surface area contributed by atoms with Crippen LogP contribution in [-0.2, 0) is 0 Å². The largest absolute Gasteiger partial charge is 0.454 e. The molecule has 1 aliphatic rings. The molecular formula is C12H9BrN2O3. The number of rotatable bonds is 2. The summed E-state index contributed by atoms with van der Waals surface area (Å²) in [6.45, 7) is 0.196. The Morgan fingerprint density at radius 1 is 1.17 bits per heavy atom. The summed E-state index contributed by atoms with van der Waals surface area (Å²) in [7, 11) is 0. The lowest BCUT2D eigenvalue weighted by Crippen LogP contribution is -2.01. The minimum absolute atomic E-state index is 0.196. The van der Waals surface area contributed by atoms with Crippen molar-refractivity contribution >= 4 is 15.9 Å². The number of aromatic nitrogens is 2. The van der Waals surface area contributed by atoms with Gasteiger partial charge in [-0.3, -0.25) is 0 Å². The molecule has 0 saturated carbocycles. The summed E-state index contributed by atoms with van der Waals surface area (Å²) in [4.78, 5) is 7.77. The molecule has 1 unspecified atom stereocenters. The van der Waals surface area contributed by atoms with Crippen LogP contribution in [0.3, 0.4) is 0 Å². The molecule has 92 valence electrons. The molecule has 0 saturated heterocycles. The van der Waals surface area contributed by atoms with Crippen LogP contribution in [0.15, 0.2) is 35.3 Å². The number of nitrogens with zero attached hydrogens (tertiary/aromatic N) is 2. The van der Waals surface area contributed by atoms with E-state index in [0.29, 0.717) is 22.6 Å². The highest BCUT2D eigenvalue weighted by Crippen LogP contribution is 2.41. The quantitative estimate of drug-likeness (QED) is 0.920. The molecule has 1 aliphatic heterocycles. The first-order valence-electron chi connectivity index (χ1n) is 5.27. The standard InChI is InChI=1S/C12H9BrN2O3/c13-9-1-7(2-10-12(9)18-6-17-10)11(16)8-3-14-5-15-4-8/h1-5,11,16H,6H2. The molecule has 0 fully saturated rings. The minimum Gasteiger partial charge on any atom is -0.454 e. The number of benzene rings is 1. The molecule has 1 aromatic heterocycles. The van der Waals surface area contributed by atoms with Crippen molar-refractivity contribution in [3.63, 3.8) is 0 Å². The van der Waals surface area contributed by atoms with Gasteiger partial charge in [0.15, 0.2) is 11.5 Å². The van der Waals surface area contributed by atoms with Gasteiger partial charge in [0.2, 0.25) is 6.79 Å². The van der Waals surface area contributed by atoms with E-state index in [1.807, 2.05) is 0 Å². The summed E-state index contributed by atoms with van der Waals surface area (Å²) in [5.41, 5.74) is 1.32. The summed E-state index contributed by atoms with van der Waals surface area (Å²) in [5.74, 6) is 1.28. The average molecular weight is 309 g/mol. The zero-order valence-corrected chi connectivity index (χ0v) is 10.8. The maximum absolute atomic E-state index is 10.3. The predicted molar refractivity (Wildman–Crippen MR) is 66.4 cm³/mol. The van der Waals surface area contributed by atoms with Crippen molar-refractivity contribution in [3.05, 3.63) is 46.5 Å². The van der Waals surface area contributed by atoms with Gasteiger partial charge in [-0.1, -0.05) is 0 Å². The van der Waals surface area contributed by atoms with Gasteiger partial charge < -0.3 is 14.6 Å². The lowest BCUT2D eigenvalue weighted by molar-refractivity contribution is 0.173. The average Bonchev–Trinajstić information content (AvgIpc) is 2.88. The Bertz CT molecular complexity index is 577. The van der Waals surface area contributed by atoms with Crippen molar-refractivity contribution in [2.24, 2.45) is 0 Å². The monoisotopic (exact) mass is 308 g/mol. The van der Waals surface area contributed by atoms with E-state index in [1.165, 1.54) is 6.33 Å². The topological polar surface area (TPSA) is 64.5 Å². The van der Waals surface area contributed by atoms with E-state index < -0.39 is 6.10 Å². The van der Waals surface area contributed by atoms with Crippen LogP contribution in [0.5, 0.6) is 11.5 Å².